The average Bonchev–Trinajstić information content (AvgIpc) is 2.96. The highest BCUT2D eigenvalue weighted by atomic mass is 32.2. The number of amides is 1. The maximum atomic E-state index is 12.4. The van der Waals surface area contributed by atoms with Crippen LogP contribution in [0, 0.1) is 5.92 Å². The van der Waals surface area contributed by atoms with E-state index in [-0.39, 0.29) is 10.8 Å². The van der Waals surface area contributed by atoms with Crippen LogP contribution in [0.2, 0.25) is 0 Å². The van der Waals surface area contributed by atoms with Crippen LogP contribution >= 0.6 is 11.3 Å². The third-order valence-corrected chi connectivity index (χ3v) is 7.17. The van der Waals surface area contributed by atoms with E-state index in [2.05, 4.69) is 17.2 Å². The Morgan fingerprint density at radius 1 is 1.28 bits per heavy atom. The molecule has 1 aromatic heterocycles. The molecule has 0 bridgehead atoms. The molecule has 25 heavy (non-hydrogen) atoms. The predicted octanol–water partition coefficient (Wildman–Crippen LogP) is 2.77. The van der Waals surface area contributed by atoms with Crippen LogP contribution in [0.4, 0.5) is 5.13 Å². The highest BCUT2D eigenvalue weighted by Gasteiger charge is 2.21. The van der Waals surface area contributed by atoms with Gasteiger partial charge in [-0.1, -0.05) is 6.92 Å². The van der Waals surface area contributed by atoms with Gasteiger partial charge in [-0.3, -0.25) is 10.1 Å². The molecule has 1 aliphatic rings. The van der Waals surface area contributed by atoms with Crippen molar-refractivity contribution in [1.82, 2.24) is 9.29 Å². The topological polar surface area (TPSA) is 79.4 Å². The Morgan fingerprint density at radius 2 is 1.96 bits per heavy atom. The molecule has 0 spiro atoms. The lowest BCUT2D eigenvalue weighted by atomic mass is 9.93. The van der Waals surface area contributed by atoms with Crippen LogP contribution in [0.3, 0.4) is 0 Å². The quantitative estimate of drug-likeness (QED) is 0.886. The number of carbonyl (C=O) groups is 1. The van der Waals surface area contributed by atoms with Gasteiger partial charge in [-0.2, -0.15) is 0 Å². The lowest BCUT2D eigenvalue weighted by Gasteiger charge is -2.15. The third-order valence-electron chi connectivity index (χ3n) is 4.30. The van der Waals surface area contributed by atoms with E-state index in [0.29, 0.717) is 16.6 Å². The first-order valence-electron chi connectivity index (χ1n) is 8.10. The van der Waals surface area contributed by atoms with Gasteiger partial charge >= 0.3 is 0 Å². The van der Waals surface area contributed by atoms with Crippen molar-refractivity contribution >= 4 is 32.4 Å². The number of hydrogen-bond donors (Lipinski definition) is 1. The van der Waals surface area contributed by atoms with Gasteiger partial charge in [0.1, 0.15) is 0 Å². The number of benzene rings is 1. The largest absolute Gasteiger partial charge is 0.298 e. The molecule has 134 valence electrons. The number of carbonyl (C=O) groups excluding carboxylic acids is 1. The molecule has 0 fully saturated rings. The van der Waals surface area contributed by atoms with E-state index in [4.69, 9.17) is 0 Å². The molecule has 3 rings (SSSR count). The van der Waals surface area contributed by atoms with Crippen LogP contribution in [0.5, 0.6) is 0 Å². The molecule has 8 heteroatoms. The average molecular weight is 380 g/mol. The summed E-state index contributed by atoms with van der Waals surface area (Å²) in [5, 5.41) is 3.43. The fraction of sp³-hybridized carbons (Fsp3) is 0.412. The molecule has 1 aromatic carbocycles. The van der Waals surface area contributed by atoms with E-state index in [1.165, 1.54) is 54.6 Å². The smallest absolute Gasteiger partial charge is 0.257 e. The van der Waals surface area contributed by atoms with Crippen molar-refractivity contribution < 1.29 is 13.2 Å². The van der Waals surface area contributed by atoms with Gasteiger partial charge in [0.25, 0.3) is 5.91 Å². The molecule has 1 aliphatic carbocycles. The van der Waals surface area contributed by atoms with Gasteiger partial charge in [0, 0.05) is 24.5 Å². The summed E-state index contributed by atoms with van der Waals surface area (Å²) in [7, 11) is -0.548. The number of hydrogen-bond acceptors (Lipinski definition) is 5. The van der Waals surface area contributed by atoms with Crippen molar-refractivity contribution in [3.63, 3.8) is 0 Å². The lowest BCUT2D eigenvalue weighted by Crippen LogP contribution is -2.22. The molecule has 6 nitrogen and oxygen atoms in total. The maximum Gasteiger partial charge on any atom is 0.257 e. The summed E-state index contributed by atoms with van der Waals surface area (Å²) >= 11 is 1.53. The number of aromatic nitrogens is 1. The highest BCUT2D eigenvalue weighted by Crippen LogP contribution is 2.32. The summed E-state index contributed by atoms with van der Waals surface area (Å²) in [6.45, 7) is 2.23. The molecule has 0 unspecified atom stereocenters. The molecule has 2 aromatic rings. The second kappa shape index (κ2) is 6.86. The number of anilines is 1. The second-order valence-corrected chi connectivity index (χ2v) is 9.74. The van der Waals surface area contributed by atoms with Gasteiger partial charge in [0.2, 0.25) is 10.0 Å². The Hall–Kier alpha value is -1.77. The molecule has 0 aliphatic heterocycles. The van der Waals surface area contributed by atoms with E-state index in [1.807, 2.05) is 0 Å². The Kier molecular flexibility index (Phi) is 4.95. The van der Waals surface area contributed by atoms with Crippen molar-refractivity contribution in [2.24, 2.45) is 5.92 Å². The number of rotatable bonds is 4. The number of sulfonamides is 1. The molecule has 1 amide bonds. The van der Waals surface area contributed by atoms with Crippen LogP contribution in [-0.2, 0) is 22.9 Å². The monoisotopic (exact) mass is 379 g/mol. The zero-order chi connectivity index (χ0) is 18.2. The maximum absolute atomic E-state index is 12.4. The first-order valence-corrected chi connectivity index (χ1v) is 10.4. The first kappa shape index (κ1) is 18.0. The fourth-order valence-electron chi connectivity index (χ4n) is 2.75. The van der Waals surface area contributed by atoms with E-state index >= 15 is 0 Å². The predicted molar refractivity (Wildman–Crippen MR) is 98.6 cm³/mol. The van der Waals surface area contributed by atoms with Crippen molar-refractivity contribution in [3.05, 3.63) is 40.4 Å². The minimum absolute atomic E-state index is 0.160. The van der Waals surface area contributed by atoms with Gasteiger partial charge in [0.15, 0.2) is 5.13 Å². The van der Waals surface area contributed by atoms with Gasteiger partial charge in [0.05, 0.1) is 10.6 Å². The van der Waals surface area contributed by atoms with Crippen molar-refractivity contribution in [2.75, 3.05) is 19.4 Å². The normalized spacial score (nSPS) is 17.4. The summed E-state index contributed by atoms with van der Waals surface area (Å²) < 4.78 is 25.3. The molecule has 1 atom stereocenters. The molecule has 1 N–H and O–H groups in total. The molecule has 0 saturated carbocycles. The number of fused-ring (bicyclic) bond motifs is 1. The van der Waals surface area contributed by atoms with Gasteiger partial charge in [-0.15, -0.1) is 11.3 Å². The second-order valence-electron chi connectivity index (χ2n) is 6.50. The lowest BCUT2D eigenvalue weighted by molar-refractivity contribution is 0.102. The summed E-state index contributed by atoms with van der Waals surface area (Å²) in [6.07, 6.45) is 3.10. The van der Waals surface area contributed by atoms with Crippen LogP contribution in [-0.4, -0.2) is 37.7 Å². The molecule has 1 heterocycles. The minimum atomic E-state index is -3.49. The summed E-state index contributed by atoms with van der Waals surface area (Å²) in [5.74, 6) is 0.371. The SMILES string of the molecule is C[C@@H]1CCc2nc(NC(=O)c3ccc(S(=O)(=O)N(C)C)cc3)sc2C1. The number of aryl methyl sites for hydroxylation is 1. The summed E-state index contributed by atoms with van der Waals surface area (Å²) in [5.41, 5.74) is 1.49. The zero-order valence-electron chi connectivity index (χ0n) is 14.4. The summed E-state index contributed by atoms with van der Waals surface area (Å²) in [4.78, 5) is 18.3. The van der Waals surface area contributed by atoms with Crippen molar-refractivity contribution in [1.29, 1.82) is 0 Å². The molecule has 0 saturated heterocycles. The van der Waals surface area contributed by atoms with Gasteiger partial charge in [-0.05, 0) is 49.4 Å². The Balaban J connectivity index is 1.74. The van der Waals surface area contributed by atoms with Crippen LogP contribution in [0.15, 0.2) is 29.2 Å². The van der Waals surface area contributed by atoms with E-state index in [1.54, 1.807) is 0 Å². The van der Waals surface area contributed by atoms with Gasteiger partial charge in [-0.25, -0.2) is 17.7 Å². The Bertz CT molecular complexity index is 886. The minimum Gasteiger partial charge on any atom is -0.298 e. The molecular weight excluding hydrogens is 358 g/mol. The van der Waals surface area contributed by atoms with Crippen LogP contribution in [0.1, 0.15) is 34.3 Å². The Morgan fingerprint density at radius 3 is 2.60 bits per heavy atom. The van der Waals surface area contributed by atoms with E-state index in [9.17, 15) is 13.2 Å². The third kappa shape index (κ3) is 3.75. The van der Waals surface area contributed by atoms with Crippen LogP contribution < -0.4 is 5.32 Å². The van der Waals surface area contributed by atoms with Crippen molar-refractivity contribution in [3.8, 4) is 0 Å². The van der Waals surface area contributed by atoms with Crippen molar-refractivity contribution in [2.45, 2.75) is 31.1 Å². The highest BCUT2D eigenvalue weighted by molar-refractivity contribution is 7.89. The Labute approximate surface area is 151 Å². The number of thiazole rings is 1. The fourth-order valence-corrected chi connectivity index (χ4v) is 4.82. The van der Waals surface area contributed by atoms with E-state index in [0.717, 1.165) is 29.3 Å². The number of nitrogens with one attached hydrogen (secondary N) is 1. The molecular formula is C17H21N3O3S2. The summed E-state index contributed by atoms with van der Waals surface area (Å²) in [6, 6.07) is 5.92. The zero-order valence-corrected chi connectivity index (χ0v) is 16.1. The number of nitrogens with zero attached hydrogens (tertiary/aromatic N) is 2. The first-order chi connectivity index (χ1) is 11.8. The van der Waals surface area contributed by atoms with E-state index < -0.39 is 10.0 Å². The molecule has 0 radical (unpaired) electrons. The van der Waals surface area contributed by atoms with Crippen LogP contribution in [0.25, 0.3) is 0 Å². The standard InChI is InChI=1S/C17H21N3O3S2/c1-11-4-9-14-15(10-11)24-17(18-14)19-16(21)12-5-7-13(8-6-12)25(22,23)20(2)3/h5-8,11H,4,9-10H2,1-3H3,(H,18,19,21)/t11-/m1/s1. The van der Waals surface area contributed by atoms with Gasteiger partial charge < -0.3 is 0 Å².